The molecule has 0 saturated carbocycles. The molecule has 4 aromatic rings. The molecule has 2 fully saturated rings. The number of pyridine rings is 2. The molecule has 0 N–H and O–H groups in total. The molecule has 0 spiro atoms. The molecule has 2 aliphatic rings. The zero-order valence-corrected chi connectivity index (χ0v) is 32.2. The summed E-state index contributed by atoms with van der Waals surface area (Å²) in [6.45, 7) is 2.57. The second-order valence-electron chi connectivity index (χ2n) is 12.3. The molecular formula is C36H25Cl3F8N6O6. The van der Waals surface area contributed by atoms with Crippen molar-refractivity contribution in [3.8, 4) is 0 Å². The normalized spacial score (nSPS) is 16.6. The first-order chi connectivity index (χ1) is 27.5. The highest BCUT2D eigenvalue weighted by Gasteiger charge is 2.44. The molecule has 0 radical (unpaired) electrons. The van der Waals surface area contributed by atoms with E-state index in [-0.39, 0.29) is 27.1 Å². The Morgan fingerprint density at radius 2 is 1.12 bits per heavy atom. The van der Waals surface area contributed by atoms with Crippen molar-refractivity contribution in [3.05, 3.63) is 111 Å². The molecule has 12 nitrogen and oxygen atoms in total. The molecule has 312 valence electrons. The van der Waals surface area contributed by atoms with Gasteiger partial charge in [0.25, 0.3) is 11.8 Å². The Morgan fingerprint density at radius 3 is 1.51 bits per heavy atom. The van der Waals surface area contributed by atoms with Crippen LogP contribution in [0.2, 0.25) is 15.2 Å². The Bertz CT molecular complexity index is 2340. The van der Waals surface area contributed by atoms with E-state index in [1.165, 1.54) is 38.4 Å². The lowest BCUT2D eigenvalue weighted by molar-refractivity contribution is -0.138. The number of benzene rings is 2. The molecule has 4 heterocycles. The van der Waals surface area contributed by atoms with Crippen molar-refractivity contribution >= 4 is 87.9 Å². The number of amides is 4. The van der Waals surface area contributed by atoms with Gasteiger partial charge in [-0.1, -0.05) is 41.4 Å². The SMILES string of the molecule is C=Cc1cc(C(F)(F)F)cc(N2C(=O)OC[C@H]2C(=O)N(C)c2ccc(F)c(Cl)c2)n1.CN(C(=O)[C@@H]1COC(=O)N1c1cc(C(F)(F)F)cc(Cl)n1)c1ccc(F)c(Cl)c1. The highest BCUT2D eigenvalue weighted by Crippen LogP contribution is 2.36. The lowest BCUT2D eigenvalue weighted by Crippen LogP contribution is -2.47. The second-order valence-corrected chi connectivity index (χ2v) is 13.5. The standard InChI is InChI=1S/C19H14ClF4N3O3.C17H11Cl2F4N3O3/c1-3-11-6-10(19(22,23)24)7-16(25-11)27-15(9-30-18(27)29)17(28)26(2)12-4-5-14(21)13(20)8-12;1-25(9-2-3-11(20)10(18)6-9)15(27)12-7-29-16(28)26(12)14-5-8(17(21,22)23)4-13(19)24-14/h3-8,15H,1,9H2,2H3;2-6,12H,7H2,1H3/t15-;12-/m00/s1. The fourth-order valence-corrected chi connectivity index (χ4v) is 6.05. The highest BCUT2D eigenvalue weighted by molar-refractivity contribution is 6.31. The summed E-state index contributed by atoms with van der Waals surface area (Å²) in [5.41, 5.74) is -1.92. The quantitative estimate of drug-likeness (QED) is 0.133. The summed E-state index contributed by atoms with van der Waals surface area (Å²) in [6.07, 6.45) is -10.5. The largest absolute Gasteiger partial charge is 0.446 e. The number of alkyl halides is 6. The first-order valence-corrected chi connectivity index (χ1v) is 17.5. The zero-order valence-electron chi connectivity index (χ0n) is 29.9. The predicted octanol–water partition coefficient (Wildman–Crippen LogP) is 9.06. The number of hydrogen-bond donors (Lipinski definition) is 0. The lowest BCUT2D eigenvalue weighted by Gasteiger charge is -2.26. The monoisotopic (exact) mass is 894 g/mol. The van der Waals surface area contributed by atoms with E-state index < -0.39 is 101 Å². The van der Waals surface area contributed by atoms with Gasteiger partial charge in [-0.2, -0.15) is 26.3 Å². The van der Waals surface area contributed by atoms with Crippen molar-refractivity contribution < 1.29 is 63.8 Å². The second kappa shape index (κ2) is 17.2. The molecule has 2 aromatic carbocycles. The van der Waals surface area contributed by atoms with Crippen LogP contribution in [0.5, 0.6) is 0 Å². The van der Waals surface area contributed by atoms with Gasteiger partial charge in [-0.3, -0.25) is 9.59 Å². The molecule has 2 atom stereocenters. The third-order valence-electron chi connectivity index (χ3n) is 8.53. The zero-order chi connectivity index (χ0) is 43.7. The van der Waals surface area contributed by atoms with Crippen molar-refractivity contribution in [2.75, 3.05) is 46.9 Å². The number of rotatable bonds is 7. The Morgan fingerprint density at radius 1 is 0.712 bits per heavy atom. The van der Waals surface area contributed by atoms with Crippen molar-refractivity contribution in [2.24, 2.45) is 0 Å². The molecule has 4 amide bonds. The summed E-state index contributed by atoms with van der Waals surface area (Å²) in [5.74, 6) is -3.69. The van der Waals surface area contributed by atoms with Gasteiger partial charge < -0.3 is 19.3 Å². The number of hydrogen-bond acceptors (Lipinski definition) is 8. The van der Waals surface area contributed by atoms with Crippen LogP contribution < -0.4 is 19.6 Å². The van der Waals surface area contributed by atoms with Gasteiger partial charge in [0.2, 0.25) is 0 Å². The number of cyclic esters (lactones) is 2. The van der Waals surface area contributed by atoms with Crippen LogP contribution in [-0.2, 0) is 31.4 Å². The maximum Gasteiger partial charge on any atom is 0.416 e. The maximum absolute atomic E-state index is 13.4. The third-order valence-corrected chi connectivity index (χ3v) is 9.30. The van der Waals surface area contributed by atoms with Gasteiger partial charge in [0.15, 0.2) is 12.1 Å². The van der Waals surface area contributed by atoms with Crippen LogP contribution in [0.4, 0.5) is 67.7 Å². The topological polar surface area (TPSA) is 125 Å². The van der Waals surface area contributed by atoms with E-state index in [1.807, 2.05) is 0 Å². The number of nitrogens with zero attached hydrogens (tertiary/aromatic N) is 6. The van der Waals surface area contributed by atoms with E-state index in [0.29, 0.717) is 23.1 Å². The van der Waals surface area contributed by atoms with Crippen molar-refractivity contribution in [1.29, 1.82) is 0 Å². The predicted molar refractivity (Wildman–Crippen MR) is 198 cm³/mol. The van der Waals surface area contributed by atoms with E-state index in [2.05, 4.69) is 16.5 Å². The Hall–Kier alpha value is -5.73. The average molecular weight is 896 g/mol. The van der Waals surface area contributed by atoms with Gasteiger partial charge in [-0.15, -0.1) is 0 Å². The fraction of sp³-hybridized carbons (Fsp3) is 0.222. The van der Waals surface area contributed by atoms with Crippen molar-refractivity contribution in [1.82, 2.24) is 9.97 Å². The third kappa shape index (κ3) is 9.77. The first-order valence-electron chi connectivity index (χ1n) is 16.4. The molecule has 2 aromatic heterocycles. The average Bonchev–Trinajstić information content (AvgIpc) is 3.76. The van der Waals surface area contributed by atoms with Gasteiger partial charge in [-0.05, 0) is 66.7 Å². The summed E-state index contributed by atoms with van der Waals surface area (Å²) in [6, 6.07) is 7.05. The minimum absolute atomic E-state index is 0.135. The number of carbonyl (C=O) groups excluding carboxylic acids is 4. The van der Waals surface area contributed by atoms with Crippen LogP contribution in [0.3, 0.4) is 0 Å². The molecular weight excluding hydrogens is 871 g/mol. The minimum atomic E-state index is -4.74. The van der Waals surface area contributed by atoms with E-state index in [9.17, 15) is 54.3 Å². The first kappa shape index (κ1) is 44.4. The Labute approximate surface area is 343 Å². The van der Waals surface area contributed by atoms with Crippen LogP contribution in [0.25, 0.3) is 6.08 Å². The lowest BCUT2D eigenvalue weighted by atomic mass is 10.1. The van der Waals surface area contributed by atoms with E-state index >= 15 is 0 Å². The van der Waals surface area contributed by atoms with Crippen LogP contribution in [0.1, 0.15) is 16.8 Å². The number of halogens is 11. The number of anilines is 4. The van der Waals surface area contributed by atoms with Gasteiger partial charge in [0, 0.05) is 25.5 Å². The molecule has 23 heteroatoms. The number of ether oxygens (including phenoxy) is 2. The summed E-state index contributed by atoms with van der Waals surface area (Å²) >= 11 is 17.1. The van der Waals surface area contributed by atoms with E-state index in [1.54, 1.807) is 0 Å². The molecule has 6 rings (SSSR count). The summed E-state index contributed by atoms with van der Waals surface area (Å²) in [5, 5.41) is -0.971. The van der Waals surface area contributed by atoms with Crippen LogP contribution >= 0.6 is 34.8 Å². The number of likely N-dealkylation sites (N-methyl/N-ethyl adjacent to an activating group) is 2. The van der Waals surface area contributed by atoms with Gasteiger partial charge in [0.1, 0.15) is 41.6 Å². The van der Waals surface area contributed by atoms with Gasteiger partial charge in [0.05, 0.1) is 26.9 Å². The van der Waals surface area contributed by atoms with Crippen LogP contribution in [-0.4, -0.2) is 73.4 Å². The van der Waals surface area contributed by atoms with Crippen molar-refractivity contribution in [3.63, 3.8) is 0 Å². The minimum Gasteiger partial charge on any atom is -0.446 e. The van der Waals surface area contributed by atoms with Crippen LogP contribution in [0.15, 0.2) is 67.2 Å². The van der Waals surface area contributed by atoms with Gasteiger partial charge in [-0.25, -0.2) is 38.1 Å². The highest BCUT2D eigenvalue weighted by atomic mass is 35.5. The Balaban J connectivity index is 0.000000224. The van der Waals surface area contributed by atoms with Crippen molar-refractivity contribution in [2.45, 2.75) is 24.4 Å². The molecule has 2 aliphatic heterocycles. The summed E-state index contributed by atoms with van der Waals surface area (Å²) in [7, 11) is 2.68. The number of carbonyl (C=O) groups is 4. The molecule has 0 bridgehead atoms. The molecule has 59 heavy (non-hydrogen) atoms. The molecule has 0 unspecified atom stereocenters. The van der Waals surface area contributed by atoms with E-state index in [0.717, 1.165) is 39.0 Å². The Kier molecular flexibility index (Phi) is 13.0. The summed E-state index contributed by atoms with van der Waals surface area (Å²) < 4.78 is 115. The van der Waals surface area contributed by atoms with E-state index in [4.69, 9.17) is 44.3 Å². The maximum atomic E-state index is 13.4. The smallest absolute Gasteiger partial charge is 0.416 e. The molecule has 0 aliphatic carbocycles. The van der Waals surface area contributed by atoms with Gasteiger partial charge >= 0.3 is 24.5 Å². The fourth-order valence-electron chi connectivity index (χ4n) is 5.50. The number of aromatic nitrogens is 2. The van der Waals surface area contributed by atoms with Crippen LogP contribution in [0, 0.1) is 11.6 Å². The summed E-state index contributed by atoms with van der Waals surface area (Å²) in [4.78, 5) is 61.4. The molecule has 2 saturated heterocycles.